The molecule has 27 heavy (non-hydrogen) atoms. The third kappa shape index (κ3) is 3.59. The van der Waals surface area contributed by atoms with Crippen molar-refractivity contribution in [2.24, 2.45) is 0 Å². The van der Waals surface area contributed by atoms with Crippen LogP contribution < -0.4 is 0 Å². The molecule has 2 aromatic rings. The highest BCUT2D eigenvalue weighted by molar-refractivity contribution is 5.84. The van der Waals surface area contributed by atoms with Gasteiger partial charge in [-0.05, 0) is 18.4 Å². The van der Waals surface area contributed by atoms with Gasteiger partial charge in [0.2, 0.25) is 11.8 Å². The van der Waals surface area contributed by atoms with Crippen molar-refractivity contribution >= 4 is 11.8 Å². The minimum absolute atomic E-state index is 0.0837. The van der Waals surface area contributed by atoms with Gasteiger partial charge < -0.3 is 9.80 Å². The fourth-order valence-electron chi connectivity index (χ4n) is 3.89. The van der Waals surface area contributed by atoms with Crippen LogP contribution >= 0.6 is 0 Å². The van der Waals surface area contributed by atoms with Crippen LogP contribution in [0.1, 0.15) is 49.4 Å². The molecular weight excluding hydrogens is 342 g/mol. The van der Waals surface area contributed by atoms with Gasteiger partial charge in [0.25, 0.3) is 0 Å². The average molecular weight is 367 g/mol. The number of likely N-dealkylation sites (tertiary alicyclic amines) is 2. The van der Waals surface area contributed by atoms with Gasteiger partial charge in [0.1, 0.15) is 5.69 Å². The molecule has 2 aliphatic heterocycles. The molecule has 7 heteroatoms. The van der Waals surface area contributed by atoms with E-state index in [9.17, 15) is 9.59 Å². The predicted octanol–water partition coefficient (Wildman–Crippen LogP) is 1.98. The number of benzene rings is 1. The van der Waals surface area contributed by atoms with Gasteiger partial charge >= 0.3 is 0 Å². The lowest BCUT2D eigenvalue weighted by Crippen LogP contribution is -2.52. The van der Waals surface area contributed by atoms with Gasteiger partial charge in [-0.3, -0.25) is 9.59 Å². The second-order valence-corrected chi connectivity index (χ2v) is 7.38. The van der Waals surface area contributed by atoms with E-state index in [0.29, 0.717) is 26.1 Å². The number of carbonyl (C=O) groups is 2. The Kier molecular flexibility index (Phi) is 4.92. The number of hydrogen-bond acceptors (Lipinski definition) is 4. The highest BCUT2D eigenvalue weighted by atomic mass is 16.2. The molecule has 0 bridgehead atoms. The van der Waals surface area contributed by atoms with Crippen LogP contribution in [-0.4, -0.2) is 56.2 Å². The van der Waals surface area contributed by atoms with Crippen molar-refractivity contribution in [3.8, 4) is 0 Å². The molecule has 1 aromatic carbocycles. The van der Waals surface area contributed by atoms with Crippen LogP contribution in [0.3, 0.4) is 0 Å². The summed E-state index contributed by atoms with van der Waals surface area (Å²) in [6.07, 6.45) is 4.26. The van der Waals surface area contributed by atoms with E-state index in [0.717, 1.165) is 30.6 Å². The first-order valence-corrected chi connectivity index (χ1v) is 9.68. The fourth-order valence-corrected chi connectivity index (χ4v) is 3.89. The number of amides is 2. The second-order valence-electron chi connectivity index (χ2n) is 7.38. The van der Waals surface area contributed by atoms with E-state index < -0.39 is 0 Å². The highest BCUT2D eigenvalue weighted by Gasteiger charge is 2.36. The van der Waals surface area contributed by atoms with E-state index in [-0.39, 0.29) is 23.8 Å². The molecule has 0 spiro atoms. The van der Waals surface area contributed by atoms with Crippen LogP contribution in [0.5, 0.6) is 0 Å². The Morgan fingerprint density at radius 2 is 2.04 bits per heavy atom. The summed E-state index contributed by atoms with van der Waals surface area (Å²) < 4.78 is 1.84. The van der Waals surface area contributed by atoms with Crippen LogP contribution in [0.2, 0.25) is 0 Å². The Morgan fingerprint density at radius 1 is 1.26 bits per heavy atom. The molecule has 3 heterocycles. The second kappa shape index (κ2) is 7.50. The molecule has 4 rings (SSSR count). The van der Waals surface area contributed by atoms with Gasteiger partial charge in [0.05, 0.1) is 24.7 Å². The zero-order valence-electron chi connectivity index (χ0n) is 15.6. The first-order valence-electron chi connectivity index (χ1n) is 9.68. The van der Waals surface area contributed by atoms with E-state index in [1.165, 1.54) is 0 Å². The van der Waals surface area contributed by atoms with Gasteiger partial charge in [-0.15, -0.1) is 5.10 Å². The molecule has 2 fully saturated rings. The van der Waals surface area contributed by atoms with Gasteiger partial charge in [-0.25, -0.2) is 4.68 Å². The lowest BCUT2D eigenvalue weighted by Gasteiger charge is -2.40. The van der Waals surface area contributed by atoms with Crippen LogP contribution in [0.25, 0.3) is 0 Å². The molecule has 2 amide bonds. The summed E-state index contributed by atoms with van der Waals surface area (Å²) in [5.74, 6) is 0.291. The van der Waals surface area contributed by atoms with Crippen molar-refractivity contribution in [3.05, 3.63) is 47.8 Å². The normalized spacial score (nSPS) is 18.6. The van der Waals surface area contributed by atoms with E-state index in [1.54, 1.807) is 0 Å². The first-order chi connectivity index (χ1) is 13.2. The summed E-state index contributed by atoms with van der Waals surface area (Å²) in [4.78, 5) is 28.3. The first kappa shape index (κ1) is 17.7. The Bertz CT molecular complexity index is 813. The molecule has 0 saturated carbocycles. The summed E-state index contributed by atoms with van der Waals surface area (Å²) in [5.41, 5.74) is 1.89. The topological polar surface area (TPSA) is 71.3 Å². The maximum absolute atomic E-state index is 12.8. The summed E-state index contributed by atoms with van der Waals surface area (Å²) in [6.45, 7) is 4.70. The monoisotopic (exact) mass is 367 g/mol. The van der Waals surface area contributed by atoms with Crippen molar-refractivity contribution < 1.29 is 9.59 Å². The highest BCUT2D eigenvalue weighted by Crippen LogP contribution is 2.28. The largest absolute Gasteiger partial charge is 0.338 e. The number of rotatable bonds is 6. The van der Waals surface area contributed by atoms with Gasteiger partial charge in [-0.1, -0.05) is 42.5 Å². The lowest BCUT2D eigenvalue weighted by atomic mass is 9.93. The van der Waals surface area contributed by atoms with Crippen LogP contribution in [0.4, 0.5) is 0 Å². The Balaban J connectivity index is 1.34. The zero-order valence-corrected chi connectivity index (χ0v) is 15.6. The number of nitrogens with zero attached hydrogens (tertiary/aromatic N) is 5. The minimum Gasteiger partial charge on any atom is -0.338 e. The molecule has 7 nitrogen and oxygen atoms in total. The lowest BCUT2D eigenvalue weighted by molar-refractivity contribution is -0.139. The maximum Gasteiger partial charge on any atom is 0.230 e. The van der Waals surface area contributed by atoms with Crippen LogP contribution in [0.15, 0.2) is 36.5 Å². The zero-order chi connectivity index (χ0) is 18.8. The fraction of sp³-hybridized carbons (Fsp3) is 0.500. The number of aromatic nitrogens is 3. The van der Waals surface area contributed by atoms with Gasteiger partial charge in [-0.2, -0.15) is 0 Å². The summed E-state index contributed by atoms with van der Waals surface area (Å²) >= 11 is 0. The van der Waals surface area contributed by atoms with E-state index >= 15 is 0 Å². The number of hydrogen-bond donors (Lipinski definition) is 0. The number of carbonyl (C=O) groups excluding carboxylic acids is 2. The predicted molar refractivity (Wildman–Crippen MR) is 99.8 cm³/mol. The molecule has 1 aromatic heterocycles. The quantitative estimate of drug-likeness (QED) is 0.783. The van der Waals surface area contributed by atoms with Crippen molar-refractivity contribution in [3.63, 3.8) is 0 Å². The molecular formula is C20H25N5O2. The Hall–Kier alpha value is -2.70. The Labute approximate surface area is 158 Å². The molecule has 0 aliphatic carbocycles. The molecule has 2 saturated heterocycles. The van der Waals surface area contributed by atoms with E-state index in [1.807, 2.05) is 51.0 Å². The van der Waals surface area contributed by atoms with E-state index in [2.05, 4.69) is 17.2 Å². The molecule has 2 aliphatic rings. The standard InChI is InChI=1S/C20H25N5O2/c1-2-18(15-7-4-3-5-8-15)20(27)24-13-17(14-24)25-12-16(21-22-25)11-23-10-6-9-19(23)26/h3-5,7-8,12,17-18H,2,6,9-11,13-14H2,1H3. The summed E-state index contributed by atoms with van der Waals surface area (Å²) in [5, 5.41) is 8.41. The van der Waals surface area contributed by atoms with Crippen molar-refractivity contribution in [2.75, 3.05) is 19.6 Å². The van der Waals surface area contributed by atoms with Crippen LogP contribution in [0, 0.1) is 0 Å². The Morgan fingerprint density at radius 3 is 2.70 bits per heavy atom. The maximum atomic E-state index is 12.8. The van der Waals surface area contributed by atoms with Crippen LogP contribution in [-0.2, 0) is 16.1 Å². The molecule has 1 atom stereocenters. The van der Waals surface area contributed by atoms with Gasteiger partial charge in [0, 0.05) is 26.1 Å². The molecule has 0 N–H and O–H groups in total. The third-order valence-corrected chi connectivity index (χ3v) is 5.54. The van der Waals surface area contributed by atoms with Crippen molar-refractivity contribution in [1.82, 2.24) is 24.8 Å². The van der Waals surface area contributed by atoms with Gasteiger partial charge in [0.15, 0.2) is 0 Å². The average Bonchev–Trinajstić information content (AvgIpc) is 3.25. The molecule has 1 unspecified atom stereocenters. The minimum atomic E-state index is -0.0837. The van der Waals surface area contributed by atoms with Crippen molar-refractivity contribution in [2.45, 2.75) is 44.7 Å². The summed E-state index contributed by atoms with van der Waals surface area (Å²) in [6, 6.07) is 10.1. The third-order valence-electron chi connectivity index (χ3n) is 5.54. The van der Waals surface area contributed by atoms with Crippen molar-refractivity contribution in [1.29, 1.82) is 0 Å². The van der Waals surface area contributed by atoms with E-state index in [4.69, 9.17) is 0 Å². The smallest absolute Gasteiger partial charge is 0.230 e. The summed E-state index contributed by atoms with van der Waals surface area (Å²) in [7, 11) is 0. The molecule has 142 valence electrons. The molecule has 0 radical (unpaired) electrons. The SMILES string of the molecule is CCC(C(=O)N1CC(n2cc(CN3CCCC3=O)nn2)C1)c1ccccc1.